The number of amides is 1. The van der Waals surface area contributed by atoms with E-state index in [0.29, 0.717) is 0 Å². The summed E-state index contributed by atoms with van der Waals surface area (Å²) in [5.74, 6) is -2.30. The van der Waals surface area contributed by atoms with E-state index in [2.05, 4.69) is 10.5 Å². The molecular weight excluding hydrogens is 443 g/mol. The molecule has 5 atom stereocenters. The molecule has 2 aliphatic carbocycles. The first-order chi connectivity index (χ1) is 16.6. The molecule has 184 valence electrons. The van der Waals surface area contributed by atoms with E-state index in [9.17, 15) is 9.18 Å². The van der Waals surface area contributed by atoms with Crippen LogP contribution in [-0.2, 0) is 28.5 Å². The topological polar surface area (TPSA) is 87.6 Å². The zero-order valence-electron chi connectivity index (χ0n) is 19.1. The van der Waals surface area contributed by atoms with Gasteiger partial charge in [0.05, 0.1) is 6.21 Å². The molecule has 3 heterocycles. The van der Waals surface area contributed by atoms with Gasteiger partial charge in [-0.15, -0.1) is 0 Å². The van der Waals surface area contributed by atoms with Gasteiger partial charge in [-0.1, -0.05) is 31.0 Å². The number of carbonyl (C=O) groups is 1. The van der Waals surface area contributed by atoms with Crippen LogP contribution in [0.2, 0.25) is 0 Å². The number of halogens is 1. The number of fused-ring (bicyclic) bond motifs is 3. The molecule has 1 aromatic rings. The SMILES string of the molecule is O=C(N/N=C\c1ccccc1F)[C@H]1O[C@H]2OC3(CCCCC3)O[C@@H]2[C@H]2OC3(CCCCC3)O[C@H]21. The molecule has 1 N–H and O–H groups in total. The van der Waals surface area contributed by atoms with Gasteiger partial charge in [0.15, 0.2) is 24.0 Å². The molecule has 6 rings (SSSR count). The second-order valence-corrected chi connectivity index (χ2v) is 9.99. The highest BCUT2D eigenvalue weighted by molar-refractivity contribution is 5.85. The number of ether oxygens (including phenoxy) is 5. The maximum Gasteiger partial charge on any atom is 0.272 e. The average Bonchev–Trinajstić information content (AvgIpc) is 3.38. The first-order valence-corrected chi connectivity index (χ1v) is 12.5. The smallest absolute Gasteiger partial charge is 0.272 e. The van der Waals surface area contributed by atoms with Crippen LogP contribution in [0.4, 0.5) is 4.39 Å². The van der Waals surface area contributed by atoms with Gasteiger partial charge in [0.2, 0.25) is 0 Å². The van der Waals surface area contributed by atoms with E-state index < -0.39 is 54.0 Å². The van der Waals surface area contributed by atoms with Crippen LogP contribution < -0.4 is 5.43 Å². The van der Waals surface area contributed by atoms with E-state index in [1.165, 1.54) is 12.3 Å². The third-order valence-electron chi connectivity index (χ3n) is 7.65. The molecule has 0 bridgehead atoms. The first-order valence-electron chi connectivity index (χ1n) is 12.5. The summed E-state index contributed by atoms with van der Waals surface area (Å²) < 4.78 is 45.8. The van der Waals surface area contributed by atoms with E-state index in [1.54, 1.807) is 18.2 Å². The van der Waals surface area contributed by atoms with Crippen LogP contribution >= 0.6 is 0 Å². The molecule has 3 saturated heterocycles. The molecule has 1 aromatic carbocycles. The van der Waals surface area contributed by atoms with Gasteiger partial charge in [-0.2, -0.15) is 5.10 Å². The van der Waals surface area contributed by atoms with Crippen molar-refractivity contribution in [1.82, 2.24) is 5.43 Å². The van der Waals surface area contributed by atoms with Gasteiger partial charge in [-0.3, -0.25) is 4.79 Å². The molecule has 2 spiro atoms. The van der Waals surface area contributed by atoms with E-state index in [4.69, 9.17) is 23.7 Å². The van der Waals surface area contributed by atoms with Crippen LogP contribution in [0.25, 0.3) is 0 Å². The monoisotopic (exact) mass is 474 g/mol. The number of nitrogens with one attached hydrogen (secondary N) is 1. The third kappa shape index (κ3) is 4.07. The number of hydrazone groups is 1. The molecular formula is C25H31FN2O6. The summed E-state index contributed by atoms with van der Waals surface area (Å²) in [5, 5.41) is 3.95. The van der Waals surface area contributed by atoms with Crippen LogP contribution in [0.1, 0.15) is 69.8 Å². The van der Waals surface area contributed by atoms with Gasteiger partial charge < -0.3 is 23.7 Å². The number of benzene rings is 1. The average molecular weight is 475 g/mol. The molecule has 1 amide bonds. The third-order valence-corrected chi connectivity index (χ3v) is 7.65. The number of rotatable bonds is 3. The Hall–Kier alpha value is -1.91. The molecule has 0 aromatic heterocycles. The maximum atomic E-state index is 13.9. The fraction of sp³-hybridized carbons (Fsp3) is 0.680. The lowest BCUT2D eigenvalue weighted by atomic mass is 9.94. The van der Waals surface area contributed by atoms with Crippen LogP contribution in [-0.4, -0.2) is 54.4 Å². The minimum atomic E-state index is -0.979. The number of nitrogens with zero attached hydrogens (tertiary/aromatic N) is 1. The van der Waals surface area contributed by atoms with Crippen molar-refractivity contribution in [1.29, 1.82) is 0 Å². The van der Waals surface area contributed by atoms with Gasteiger partial charge in [0.1, 0.15) is 24.1 Å². The Labute approximate surface area is 198 Å². The van der Waals surface area contributed by atoms with Crippen molar-refractivity contribution in [3.8, 4) is 0 Å². The van der Waals surface area contributed by atoms with Gasteiger partial charge in [-0.25, -0.2) is 9.82 Å². The lowest BCUT2D eigenvalue weighted by Crippen LogP contribution is -2.59. The lowest BCUT2D eigenvalue weighted by Gasteiger charge is -2.36. The van der Waals surface area contributed by atoms with Crippen molar-refractivity contribution in [3.05, 3.63) is 35.6 Å². The molecule has 9 heteroatoms. The second-order valence-electron chi connectivity index (χ2n) is 9.99. The molecule has 8 nitrogen and oxygen atoms in total. The minimum absolute atomic E-state index is 0.277. The summed E-state index contributed by atoms with van der Waals surface area (Å²) in [5.41, 5.74) is 2.77. The quantitative estimate of drug-likeness (QED) is 0.533. The number of carbonyl (C=O) groups excluding carboxylic acids is 1. The Bertz CT molecular complexity index is 945. The fourth-order valence-electron chi connectivity index (χ4n) is 5.98. The summed E-state index contributed by atoms with van der Waals surface area (Å²) in [6.45, 7) is 0. The normalized spacial score (nSPS) is 36.0. The summed E-state index contributed by atoms with van der Waals surface area (Å²) in [4.78, 5) is 13.2. The first kappa shape index (κ1) is 22.5. The van der Waals surface area contributed by atoms with E-state index in [0.717, 1.165) is 64.2 Å². The van der Waals surface area contributed by atoms with E-state index in [1.807, 2.05) is 0 Å². The zero-order chi connectivity index (χ0) is 23.2. The fourth-order valence-corrected chi connectivity index (χ4v) is 5.98. The minimum Gasteiger partial charge on any atom is -0.341 e. The Morgan fingerprint density at radius 1 is 0.882 bits per heavy atom. The lowest BCUT2D eigenvalue weighted by molar-refractivity contribution is -0.247. The highest BCUT2D eigenvalue weighted by Crippen LogP contribution is 2.50. The Morgan fingerprint density at radius 3 is 2.21 bits per heavy atom. The highest BCUT2D eigenvalue weighted by Gasteiger charge is 2.65. The van der Waals surface area contributed by atoms with Crippen molar-refractivity contribution in [2.75, 3.05) is 0 Å². The molecule has 34 heavy (non-hydrogen) atoms. The molecule has 5 aliphatic rings. The molecule has 2 saturated carbocycles. The highest BCUT2D eigenvalue weighted by atomic mass is 19.1. The van der Waals surface area contributed by atoms with Gasteiger partial charge >= 0.3 is 0 Å². The van der Waals surface area contributed by atoms with E-state index in [-0.39, 0.29) is 5.56 Å². The van der Waals surface area contributed by atoms with E-state index >= 15 is 0 Å². The predicted octanol–water partition coefficient (Wildman–Crippen LogP) is 3.52. The molecule has 0 radical (unpaired) electrons. The molecule has 3 aliphatic heterocycles. The standard InChI is InChI=1S/C25H31FN2O6/c26-17-10-4-3-9-16(17)15-27-28-22(29)20-18-19(32-24(31-18)11-5-1-6-12-24)21-23(30-20)34-25(33-21)13-7-2-8-14-25/h3-4,9-10,15,18-21,23H,1-2,5-8,11-14H2,(H,28,29)/b27-15-/t18-,19+,20+,21-,23+/m1/s1. The number of hydrogen-bond acceptors (Lipinski definition) is 7. The summed E-state index contributed by atoms with van der Waals surface area (Å²) in [6.07, 6.45) is 7.59. The van der Waals surface area contributed by atoms with Gasteiger partial charge in [-0.05, 0) is 31.7 Å². The second kappa shape index (κ2) is 8.95. The maximum absolute atomic E-state index is 13.9. The number of hydrogen-bond donors (Lipinski definition) is 1. The summed E-state index contributed by atoms with van der Waals surface area (Å²) in [7, 11) is 0. The van der Waals surface area contributed by atoms with Crippen LogP contribution in [0.3, 0.4) is 0 Å². The van der Waals surface area contributed by atoms with Crippen molar-refractivity contribution in [2.24, 2.45) is 5.10 Å². The van der Waals surface area contributed by atoms with Crippen LogP contribution in [0.15, 0.2) is 29.4 Å². The van der Waals surface area contributed by atoms with Crippen molar-refractivity contribution < 1.29 is 32.9 Å². The largest absolute Gasteiger partial charge is 0.341 e. The van der Waals surface area contributed by atoms with Gasteiger partial charge in [0, 0.05) is 31.2 Å². The Morgan fingerprint density at radius 2 is 1.50 bits per heavy atom. The molecule has 0 unspecified atom stereocenters. The predicted molar refractivity (Wildman–Crippen MR) is 118 cm³/mol. The summed E-state index contributed by atoms with van der Waals surface area (Å²) in [6, 6.07) is 6.22. The molecule has 5 fully saturated rings. The van der Waals surface area contributed by atoms with Gasteiger partial charge in [0.25, 0.3) is 5.91 Å². The van der Waals surface area contributed by atoms with Crippen LogP contribution in [0.5, 0.6) is 0 Å². The van der Waals surface area contributed by atoms with Crippen molar-refractivity contribution in [3.63, 3.8) is 0 Å². The van der Waals surface area contributed by atoms with Crippen LogP contribution in [0, 0.1) is 5.82 Å². The summed E-state index contributed by atoms with van der Waals surface area (Å²) >= 11 is 0. The van der Waals surface area contributed by atoms with Crippen molar-refractivity contribution >= 4 is 12.1 Å². The Balaban J connectivity index is 1.22. The zero-order valence-corrected chi connectivity index (χ0v) is 19.1. The van der Waals surface area contributed by atoms with Crippen molar-refractivity contribution in [2.45, 2.75) is 106 Å². The Kier molecular flexibility index (Phi) is 5.93.